The number of hydrogen-bond acceptors (Lipinski definition) is 12. The standard InChI is InChI=1S/C33H35BrF6N10O3S/c1-4-20-17-25(27(53-32(35,36)37)18-26(20)50-11-7-21(8-12-50)49-15-13-47(2)14-16-49)45-31-43-19-22(34)30(46-31)44-24-6-5-23-28(42-10-9-41-23)29(24)48(3)54(51,52)33(38,39)40/h4-6,9-10,17-19,21H,1,7-8,11-16H2,2-3H3,(H2,43,44,45,46). The minimum absolute atomic E-state index is 0.0363. The van der Waals surface area contributed by atoms with Crippen molar-refractivity contribution in [3.63, 3.8) is 0 Å². The molecule has 4 aromatic rings. The highest BCUT2D eigenvalue weighted by Gasteiger charge is 2.50. The summed E-state index contributed by atoms with van der Waals surface area (Å²) in [7, 11) is -3.08. The van der Waals surface area contributed by atoms with Crippen LogP contribution in [0.15, 0.2) is 53.9 Å². The van der Waals surface area contributed by atoms with E-state index >= 15 is 0 Å². The molecule has 2 aliphatic rings. The van der Waals surface area contributed by atoms with Crippen molar-refractivity contribution in [2.45, 2.75) is 30.8 Å². The number of likely N-dealkylation sites (N-methyl/N-ethyl adjacent to an activating group) is 1. The minimum atomic E-state index is -5.90. The molecule has 0 radical (unpaired) electrons. The zero-order chi connectivity index (χ0) is 39.0. The van der Waals surface area contributed by atoms with Crippen molar-refractivity contribution < 1.29 is 39.5 Å². The Hall–Kier alpha value is -4.47. The predicted molar refractivity (Wildman–Crippen MR) is 197 cm³/mol. The van der Waals surface area contributed by atoms with Crippen molar-refractivity contribution in [1.29, 1.82) is 0 Å². The van der Waals surface area contributed by atoms with E-state index in [4.69, 9.17) is 0 Å². The first-order valence-electron chi connectivity index (χ1n) is 16.5. The van der Waals surface area contributed by atoms with Crippen molar-refractivity contribution >= 4 is 77.6 Å². The summed E-state index contributed by atoms with van der Waals surface area (Å²) in [5.41, 5.74) is -5.49. The monoisotopic (exact) mass is 844 g/mol. The number of aromatic nitrogens is 4. The van der Waals surface area contributed by atoms with Crippen LogP contribution in [0.2, 0.25) is 0 Å². The van der Waals surface area contributed by atoms with Crippen LogP contribution < -0.4 is 24.6 Å². The lowest BCUT2D eigenvalue weighted by Gasteiger charge is -2.43. The number of rotatable bonds is 10. The molecule has 0 atom stereocenters. The number of alkyl halides is 6. The highest BCUT2D eigenvalue weighted by molar-refractivity contribution is 9.10. The van der Waals surface area contributed by atoms with Crippen molar-refractivity contribution in [2.75, 3.05) is 73.2 Å². The van der Waals surface area contributed by atoms with Crippen molar-refractivity contribution in [3.8, 4) is 5.75 Å². The lowest BCUT2D eigenvalue weighted by molar-refractivity contribution is -0.274. The van der Waals surface area contributed by atoms with Crippen LogP contribution in [0.3, 0.4) is 0 Å². The zero-order valence-electron chi connectivity index (χ0n) is 28.9. The summed E-state index contributed by atoms with van der Waals surface area (Å²) in [5, 5.41) is 5.56. The maximum atomic E-state index is 13.8. The normalized spacial score (nSPS) is 16.7. The number of sulfonamides is 1. The Morgan fingerprint density at radius 3 is 2.30 bits per heavy atom. The first kappa shape index (κ1) is 39.2. The molecule has 13 nitrogen and oxygen atoms in total. The zero-order valence-corrected chi connectivity index (χ0v) is 31.3. The van der Waals surface area contributed by atoms with Crippen LogP contribution in [0.4, 0.5) is 60.9 Å². The van der Waals surface area contributed by atoms with Gasteiger partial charge >= 0.3 is 21.9 Å². The van der Waals surface area contributed by atoms with E-state index in [1.54, 1.807) is 0 Å². The van der Waals surface area contributed by atoms with Gasteiger partial charge < -0.3 is 25.2 Å². The number of benzene rings is 2. The Kier molecular flexibility index (Phi) is 11.1. The lowest BCUT2D eigenvalue weighted by Crippen LogP contribution is -2.52. The minimum Gasteiger partial charge on any atom is -0.403 e. The molecule has 6 rings (SSSR count). The summed E-state index contributed by atoms with van der Waals surface area (Å²) in [6.07, 6.45) is 1.86. The van der Waals surface area contributed by atoms with Crippen LogP contribution in [-0.4, -0.2) is 109 Å². The molecular formula is C33H35BrF6N10O3S. The van der Waals surface area contributed by atoms with Gasteiger partial charge in [-0.15, -0.1) is 13.2 Å². The maximum absolute atomic E-state index is 13.8. The molecule has 2 aliphatic heterocycles. The van der Waals surface area contributed by atoms with Crippen LogP contribution in [0.5, 0.6) is 5.75 Å². The summed E-state index contributed by atoms with van der Waals surface area (Å²) in [5.74, 6) is -0.876. The number of nitrogens with one attached hydrogen (secondary N) is 2. The van der Waals surface area contributed by atoms with Gasteiger partial charge in [-0.05, 0) is 59.6 Å². The van der Waals surface area contributed by atoms with Gasteiger partial charge in [-0.1, -0.05) is 12.7 Å². The van der Waals surface area contributed by atoms with E-state index in [0.29, 0.717) is 30.4 Å². The molecule has 0 amide bonds. The van der Waals surface area contributed by atoms with Gasteiger partial charge in [0, 0.05) is 82.7 Å². The van der Waals surface area contributed by atoms with Crippen molar-refractivity contribution in [3.05, 3.63) is 59.5 Å². The number of piperidine rings is 1. The van der Waals surface area contributed by atoms with E-state index in [0.717, 1.165) is 46.1 Å². The summed E-state index contributed by atoms with van der Waals surface area (Å²) in [6.45, 7) is 9.00. The van der Waals surface area contributed by atoms with Gasteiger partial charge in [-0.25, -0.2) is 4.98 Å². The SMILES string of the molecule is C=Cc1cc(Nc2ncc(Br)c(Nc3ccc4nccnc4c3N(C)S(=O)(=O)C(F)(F)F)n2)c(OC(F)(F)F)cc1N1CCC(N2CCN(C)CC2)CC1. The topological polar surface area (TPSA) is 132 Å². The van der Waals surface area contributed by atoms with Gasteiger partial charge in [0.05, 0.1) is 21.4 Å². The van der Waals surface area contributed by atoms with E-state index in [2.05, 4.69) is 74.7 Å². The van der Waals surface area contributed by atoms with Gasteiger partial charge in [0.2, 0.25) is 5.95 Å². The lowest BCUT2D eigenvalue weighted by atomic mass is 10.00. The van der Waals surface area contributed by atoms with Crippen LogP contribution in [0, 0.1) is 0 Å². The van der Waals surface area contributed by atoms with Gasteiger partial charge in [0.15, 0.2) is 5.75 Å². The molecule has 54 heavy (non-hydrogen) atoms. The fourth-order valence-corrected chi connectivity index (χ4v) is 7.49. The van der Waals surface area contributed by atoms with E-state index < -0.39 is 33.3 Å². The molecule has 21 heteroatoms. The van der Waals surface area contributed by atoms with Crippen LogP contribution in [0.1, 0.15) is 18.4 Å². The maximum Gasteiger partial charge on any atom is 0.573 e. The second kappa shape index (κ2) is 15.3. The fourth-order valence-electron chi connectivity index (χ4n) is 6.47. The van der Waals surface area contributed by atoms with Gasteiger partial charge in [0.25, 0.3) is 0 Å². The molecule has 2 aromatic heterocycles. The second-order valence-electron chi connectivity index (χ2n) is 12.7. The summed E-state index contributed by atoms with van der Waals surface area (Å²) in [6, 6.07) is 5.80. The first-order chi connectivity index (χ1) is 25.4. The Labute approximate surface area is 315 Å². The Balaban J connectivity index is 1.31. The smallest absolute Gasteiger partial charge is 0.403 e. The van der Waals surface area contributed by atoms with Crippen molar-refractivity contribution in [2.24, 2.45) is 0 Å². The van der Waals surface area contributed by atoms with E-state index in [-0.39, 0.29) is 43.0 Å². The molecule has 4 heterocycles. The van der Waals surface area contributed by atoms with Crippen molar-refractivity contribution in [1.82, 2.24) is 29.7 Å². The number of nitrogens with zero attached hydrogens (tertiary/aromatic N) is 8. The molecule has 2 N–H and O–H groups in total. The second-order valence-corrected chi connectivity index (χ2v) is 15.5. The van der Waals surface area contributed by atoms with E-state index in [9.17, 15) is 34.8 Å². The third kappa shape index (κ3) is 8.42. The summed E-state index contributed by atoms with van der Waals surface area (Å²) >= 11 is 3.27. The Morgan fingerprint density at radius 2 is 1.65 bits per heavy atom. The van der Waals surface area contributed by atoms with Crippen LogP contribution >= 0.6 is 15.9 Å². The van der Waals surface area contributed by atoms with Gasteiger partial charge in [-0.2, -0.15) is 26.6 Å². The first-order valence-corrected chi connectivity index (χ1v) is 18.8. The predicted octanol–water partition coefficient (Wildman–Crippen LogP) is 6.71. The molecule has 290 valence electrons. The van der Waals surface area contributed by atoms with Gasteiger partial charge in [0.1, 0.15) is 17.0 Å². The van der Waals surface area contributed by atoms with Gasteiger partial charge in [-0.3, -0.25) is 19.2 Å². The number of fused-ring (bicyclic) bond motifs is 1. The van der Waals surface area contributed by atoms with E-state index in [1.165, 1.54) is 48.9 Å². The fraction of sp³-hybridized carbons (Fsp3) is 0.394. The van der Waals surface area contributed by atoms with Crippen LogP contribution in [0.25, 0.3) is 17.1 Å². The molecule has 0 saturated carbocycles. The molecular weight excluding hydrogens is 810 g/mol. The average Bonchev–Trinajstić information content (AvgIpc) is 3.12. The van der Waals surface area contributed by atoms with Crippen LogP contribution in [-0.2, 0) is 10.0 Å². The largest absolute Gasteiger partial charge is 0.573 e. The number of hydrogen-bond donors (Lipinski definition) is 2. The number of anilines is 6. The molecule has 0 bridgehead atoms. The quantitative estimate of drug-likeness (QED) is 0.165. The molecule has 2 aromatic carbocycles. The number of halogens is 7. The molecule has 2 saturated heterocycles. The van der Waals surface area contributed by atoms with E-state index in [1.807, 2.05) is 4.90 Å². The Morgan fingerprint density at radius 1 is 0.963 bits per heavy atom. The summed E-state index contributed by atoms with van der Waals surface area (Å²) < 4.78 is 112. The molecule has 0 spiro atoms. The number of piperazine rings is 1. The molecule has 0 unspecified atom stereocenters. The highest BCUT2D eigenvalue weighted by Crippen LogP contribution is 2.42. The summed E-state index contributed by atoms with van der Waals surface area (Å²) in [4.78, 5) is 23.4. The molecule has 2 fully saturated rings. The third-order valence-corrected chi connectivity index (χ3v) is 11.3. The molecule has 0 aliphatic carbocycles. The third-order valence-electron chi connectivity index (χ3n) is 9.26. The Bertz CT molecular complexity index is 2130. The number of ether oxygens (including phenoxy) is 1. The highest BCUT2D eigenvalue weighted by atomic mass is 79.9. The average molecular weight is 846 g/mol.